The molecule has 0 spiro atoms. The molecule has 25 N–H and O–H groups in total. The van der Waals surface area contributed by atoms with E-state index in [9.17, 15) is 127 Å². The SMILES string of the molecule is CC(=O)N[C@H]1[C@H](O[C@H]2[C@H](O)[C@@H](NC(C)=O)C(O)O[C@@H]2CO)O[C@H](CO)[C@@H](O[C@@H]2O[C@H](CO[C@H]3O[C@H](CO)[C@@H](O)[C@H](O)[C@@H]3O)[C@@H](O)[C@H](O[C@H]3O[C@H](CO)[C@@H](O)[C@H](O)[C@@H]3O[C@H]3O[C@H](CO)[C@@H](O)[C@H](O)[C@@H]3O[C@H]3O[C@H](CO)[C@@H](O)[C@H](O)[C@@H]3O[C@@H]3O[C@@H](C)[C@@H](O)[C@@H](O)[C@@H]3O)[C@@H]2O)[C@@H]1O. The maximum Gasteiger partial charge on any atom is 0.217 e. The smallest absolute Gasteiger partial charge is 0.217 e. The van der Waals surface area contributed by atoms with Crippen molar-refractivity contribution in [3.63, 3.8) is 0 Å². The van der Waals surface area contributed by atoms with E-state index in [1.54, 1.807) is 0 Å². The number of amides is 2. The van der Waals surface area contributed by atoms with Gasteiger partial charge in [0.15, 0.2) is 50.3 Å². The third-order valence-electron chi connectivity index (χ3n) is 17.4. The summed E-state index contributed by atoms with van der Waals surface area (Å²) in [7, 11) is 0. The maximum absolute atomic E-state index is 12.8. The predicted octanol–water partition coefficient (Wildman–Crippen LogP) is -17.1. The van der Waals surface area contributed by atoms with Gasteiger partial charge < -0.3 is 199 Å². The van der Waals surface area contributed by atoms with Crippen LogP contribution in [0.4, 0.5) is 0 Å². The fourth-order valence-corrected chi connectivity index (χ4v) is 12.1. The Labute approximate surface area is 532 Å². The average Bonchev–Trinajstić information content (AvgIpc) is 0.774. The summed E-state index contributed by atoms with van der Waals surface area (Å²) >= 11 is 0. The van der Waals surface area contributed by atoms with Gasteiger partial charge in [-0.1, -0.05) is 0 Å². The number of nitrogens with one attached hydrogen (secondary N) is 2. The van der Waals surface area contributed by atoms with Gasteiger partial charge in [-0.15, -0.1) is 0 Å². The Kier molecular flexibility index (Phi) is 27.3. The normalized spacial score (nSPS) is 51.2. The highest BCUT2D eigenvalue weighted by Crippen LogP contribution is 2.39. The summed E-state index contributed by atoms with van der Waals surface area (Å²) in [6, 6.07) is -3.44. The summed E-state index contributed by atoms with van der Waals surface area (Å²) in [5, 5.41) is 257. The van der Waals surface area contributed by atoms with Crippen LogP contribution in [0.25, 0.3) is 0 Å². The Morgan fingerprint density at radius 2 is 0.628 bits per heavy atom. The van der Waals surface area contributed by atoms with Crippen molar-refractivity contribution in [1.82, 2.24) is 10.6 Å². The van der Waals surface area contributed by atoms with Crippen LogP contribution in [0, 0.1) is 0 Å². The molecular weight excluding hydrogens is 1290 g/mol. The summed E-state index contributed by atoms with van der Waals surface area (Å²) in [4.78, 5) is 24.8. The van der Waals surface area contributed by atoms with E-state index in [4.69, 9.17) is 71.1 Å². The van der Waals surface area contributed by atoms with E-state index in [-0.39, 0.29) is 0 Å². The van der Waals surface area contributed by atoms with Gasteiger partial charge in [-0.3, -0.25) is 9.59 Å². The Morgan fingerprint density at radius 3 is 1.09 bits per heavy atom. The number of hydrogen-bond donors (Lipinski definition) is 25. The first-order chi connectivity index (χ1) is 44.4. The number of hydrogen-bond acceptors (Lipinski definition) is 40. The summed E-state index contributed by atoms with van der Waals surface area (Å²) in [6.07, 6.45) is -77.4. The number of carbonyl (C=O) groups is 2. The second-order valence-electron chi connectivity index (χ2n) is 23.9. The monoisotopic (exact) mass is 1380 g/mol. The molecule has 8 fully saturated rings. The highest BCUT2D eigenvalue weighted by Gasteiger charge is 2.60. The van der Waals surface area contributed by atoms with Crippen molar-refractivity contribution in [2.45, 2.75) is 266 Å². The van der Waals surface area contributed by atoms with Crippen LogP contribution in [-0.2, 0) is 80.6 Å². The Balaban J connectivity index is 1.11. The van der Waals surface area contributed by atoms with E-state index in [0.717, 1.165) is 13.8 Å². The van der Waals surface area contributed by atoms with Gasteiger partial charge in [0.05, 0.1) is 52.4 Å². The first-order valence-corrected chi connectivity index (χ1v) is 30.0. The van der Waals surface area contributed by atoms with Crippen LogP contribution in [0.15, 0.2) is 0 Å². The van der Waals surface area contributed by atoms with Crippen LogP contribution in [-0.4, -0.2) is 421 Å². The molecule has 42 nitrogen and oxygen atoms in total. The van der Waals surface area contributed by atoms with Crippen molar-refractivity contribution in [1.29, 1.82) is 0 Å². The lowest BCUT2D eigenvalue weighted by Crippen LogP contribution is -2.70. The Bertz CT molecular complexity index is 2370. The van der Waals surface area contributed by atoms with Crippen molar-refractivity contribution in [2.24, 2.45) is 0 Å². The van der Waals surface area contributed by atoms with E-state index in [2.05, 4.69) is 10.6 Å². The number of rotatable bonds is 23. The van der Waals surface area contributed by atoms with E-state index < -0.39 is 304 Å². The molecule has 0 aliphatic carbocycles. The topological polar surface area (TPSA) is 662 Å². The van der Waals surface area contributed by atoms with E-state index in [1.165, 1.54) is 6.92 Å². The molecule has 0 saturated carbocycles. The minimum absolute atomic E-state index is 0.755. The van der Waals surface area contributed by atoms with Crippen LogP contribution in [0.5, 0.6) is 0 Å². The average molecular weight is 1380 g/mol. The molecule has 0 bridgehead atoms. The molecule has 2 amide bonds. The summed E-state index contributed by atoms with van der Waals surface area (Å²) < 4.78 is 87.5. The summed E-state index contributed by atoms with van der Waals surface area (Å²) in [6.45, 7) is -4.09. The number of ether oxygens (including phenoxy) is 15. The molecular formula is C52H88N2O40. The lowest BCUT2D eigenvalue weighted by Gasteiger charge is -2.51. The van der Waals surface area contributed by atoms with Crippen molar-refractivity contribution < 1.29 is 198 Å². The van der Waals surface area contributed by atoms with Gasteiger partial charge >= 0.3 is 0 Å². The Hall–Kier alpha value is -2.58. The van der Waals surface area contributed by atoms with Crippen LogP contribution in [0.2, 0.25) is 0 Å². The van der Waals surface area contributed by atoms with Crippen LogP contribution in [0.3, 0.4) is 0 Å². The van der Waals surface area contributed by atoms with Gasteiger partial charge in [-0.25, -0.2) is 0 Å². The number of aliphatic hydroxyl groups excluding tert-OH is 23. The van der Waals surface area contributed by atoms with E-state index >= 15 is 0 Å². The standard InChI is InChI=1S/C52H88N2O40/c1-11-23(63)31(71)37(77)48(81-11)92-42-33(73)25(65)16(6-57)85-51(42)94-44-35(75)27(67)17(7-58)86-52(44)93-43-34(74)26(66)15(5-56)84-50(43)91-41-28(68)20(10-80-47-36(76)32(72)24(64)14(4-55)83-47)88-49(38(41)78)90-40-19(9-60)87-46(22(30(40)70)54-13(3)62)89-39-18(8-59)82-45(79)21(29(39)69)53-12(2)61/h11,14-52,55-60,63-79H,4-10H2,1-3H3,(H,53,61)(H,54,62)/t11-,14+,15+,16+,17+,18+,19+,20+,21+,22+,23+,24+,25+,26+,27+,28+,29+,30+,31+,32-,33-,34-,35-,36-,37-,38-,39+,40+,41-,42-,43-,44-,45?,46-,47-,48-,49-,50+,51+,52+/m0/s1. The largest absolute Gasteiger partial charge is 0.394 e. The summed E-state index contributed by atoms with van der Waals surface area (Å²) in [5.74, 6) is -1.65. The highest BCUT2D eigenvalue weighted by molar-refractivity contribution is 5.73. The second-order valence-corrected chi connectivity index (χ2v) is 23.9. The molecule has 42 heteroatoms. The molecule has 8 heterocycles. The molecule has 1 unspecified atom stereocenters. The fourth-order valence-electron chi connectivity index (χ4n) is 12.1. The molecule has 0 aromatic heterocycles. The van der Waals surface area contributed by atoms with E-state index in [1.807, 2.05) is 0 Å². The Morgan fingerprint density at radius 1 is 0.298 bits per heavy atom. The van der Waals surface area contributed by atoms with Crippen LogP contribution in [0.1, 0.15) is 20.8 Å². The first kappa shape index (κ1) is 77.2. The quantitative estimate of drug-likeness (QED) is 0.0452. The summed E-state index contributed by atoms with van der Waals surface area (Å²) in [5.41, 5.74) is 0. The molecule has 8 saturated heterocycles. The highest BCUT2D eigenvalue weighted by atomic mass is 16.8. The van der Waals surface area contributed by atoms with Gasteiger partial charge in [-0.2, -0.15) is 0 Å². The van der Waals surface area contributed by atoms with Crippen molar-refractivity contribution in [3.05, 3.63) is 0 Å². The first-order valence-electron chi connectivity index (χ1n) is 30.0. The van der Waals surface area contributed by atoms with Crippen LogP contribution < -0.4 is 10.6 Å². The molecule has 8 aliphatic rings. The van der Waals surface area contributed by atoms with Crippen molar-refractivity contribution >= 4 is 11.8 Å². The molecule has 8 aliphatic heterocycles. The minimum atomic E-state index is -2.48. The predicted molar refractivity (Wildman–Crippen MR) is 286 cm³/mol. The third kappa shape index (κ3) is 16.4. The molecule has 546 valence electrons. The van der Waals surface area contributed by atoms with Gasteiger partial charge in [-0.05, 0) is 6.92 Å². The lowest BCUT2D eigenvalue weighted by atomic mass is 9.94. The van der Waals surface area contributed by atoms with Gasteiger partial charge in [0.1, 0.15) is 189 Å². The molecule has 94 heavy (non-hydrogen) atoms. The zero-order chi connectivity index (χ0) is 69.2. The van der Waals surface area contributed by atoms with Crippen LogP contribution >= 0.6 is 0 Å². The third-order valence-corrected chi connectivity index (χ3v) is 17.4. The van der Waals surface area contributed by atoms with Gasteiger partial charge in [0, 0.05) is 13.8 Å². The molecule has 40 atom stereocenters. The molecule has 0 aromatic rings. The van der Waals surface area contributed by atoms with E-state index in [0.29, 0.717) is 0 Å². The molecule has 0 radical (unpaired) electrons. The zero-order valence-electron chi connectivity index (χ0n) is 50.3. The van der Waals surface area contributed by atoms with Gasteiger partial charge in [0.25, 0.3) is 0 Å². The fraction of sp³-hybridized carbons (Fsp3) is 0.962. The number of aliphatic hydroxyl groups is 23. The zero-order valence-corrected chi connectivity index (χ0v) is 50.3. The molecule has 0 aromatic carbocycles. The molecule has 8 rings (SSSR count). The second kappa shape index (κ2) is 33.3. The van der Waals surface area contributed by atoms with Crippen molar-refractivity contribution in [3.8, 4) is 0 Å². The maximum atomic E-state index is 12.8. The lowest BCUT2D eigenvalue weighted by molar-refractivity contribution is -0.413. The van der Waals surface area contributed by atoms with Crippen molar-refractivity contribution in [2.75, 3.05) is 46.2 Å². The minimum Gasteiger partial charge on any atom is -0.394 e. The number of carbonyl (C=O) groups excluding carboxylic acids is 2. The van der Waals surface area contributed by atoms with Gasteiger partial charge in [0.2, 0.25) is 11.8 Å².